The van der Waals surface area contributed by atoms with E-state index in [1.165, 1.54) is 45.6 Å². The standard InChI is InChI=1S/C33H34N8O2/c1-20-9-26(38-39-30(20)37-28-5-3-4-7-34-28)27-17-35-31-29(32(42)43-2)25(6-8-41(27)31)24-16-36-40(18-24)19-33-13-21-10-22(14-33)12-23(11-21)15-33/h3-9,16-18,21-23H,10-15,19H2,1-2H3,(H,34,37,39). The molecular formula is C33H34N8O2. The molecule has 0 spiro atoms. The van der Waals surface area contributed by atoms with Gasteiger partial charge in [0.15, 0.2) is 11.5 Å². The van der Waals surface area contributed by atoms with Gasteiger partial charge in [-0.15, -0.1) is 10.2 Å². The van der Waals surface area contributed by atoms with E-state index >= 15 is 0 Å². The van der Waals surface area contributed by atoms with Crippen molar-refractivity contribution in [3.63, 3.8) is 0 Å². The van der Waals surface area contributed by atoms with Gasteiger partial charge in [-0.3, -0.25) is 9.08 Å². The quantitative estimate of drug-likeness (QED) is 0.232. The maximum atomic E-state index is 13.2. The third-order valence-corrected chi connectivity index (χ3v) is 9.83. The van der Waals surface area contributed by atoms with Crippen LogP contribution >= 0.6 is 0 Å². The van der Waals surface area contributed by atoms with Crippen molar-refractivity contribution in [1.82, 2.24) is 34.3 Å². The van der Waals surface area contributed by atoms with E-state index in [1.807, 2.05) is 54.0 Å². The number of hydrogen-bond acceptors (Lipinski definition) is 8. The molecule has 5 aromatic heterocycles. The maximum absolute atomic E-state index is 13.2. The van der Waals surface area contributed by atoms with E-state index in [9.17, 15) is 4.79 Å². The van der Waals surface area contributed by atoms with Gasteiger partial charge in [-0.2, -0.15) is 5.10 Å². The predicted octanol–water partition coefficient (Wildman–Crippen LogP) is 6.10. The topological polar surface area (TPSA) is 112 Å². The summed E-state index contributed by atoms with van der Waals surface area (Å²) in [5.74, 6) is 3.56. The second-order valence-corrected chi connectivity index (χ2v) is 12.9. The van der Waals surface area contributed by atoms with Crippen molar-refractivity contribution in [3.8, 4) is 22.5 Å². The smallest absolute Gasteiger partial charge is 0.342 e. The Morgan fingerprint density at radius 2 is 1.84 bits per heavy atom. The molecule has 0 unspecified atom stereocenters. The van der Waals surface area contributed by atoms with Gasteiger partial charge >= 0.3 is 5.97 Å². The molecule has 4 bridgehead atoms. The predicted molar refractivity (Wildman–Crippen MR) is 162 cm³/mol. The highest BCUT2D eigenvalue weighted by Crippen LogP contribution is 2.60. The van der Waals surface area contributed by atoms with Crippen LogP contribution in [0.1, 0.15) is 54.4 Å². The number of anilines is 2. The Bertz CT molecular complexity index is 1810. The first-order valence-corrected chi connectivity index (χ1v) is 15.1. The number of fused-ring (bicyclic) bond motifs is 1. The van der Waals surface area contributed by atoms with Crippen LogP contribution in [0.4, 0.5) is 11.6 Å². The van der Waals surface area contributed by atoms with Gasteiger partial charge in [-0.25, -0.2) is 14.8 Å². The zero-order chi connectivity index (χ0) is 29.1. The zero-order valence-corrected chi connectivity index (χ0v) is 24.4. The number of methoxy groups -OCH3 is 1. The SMILES string of the molecule is COC(=O)c1c(-c2cnn(CC34CC5CC(CC(C5)C3)C4)c2)ccn2c(-c3cc(C)c(Nc4ccccn4)nn3)cnc12. The van der Waals surface area contributed by atoms with Gasteiger partial charge in [0.1, 0.15) is 17.1 Å². The van der Waals surface area contributed by atoms with Crippen LogP contribution in [0.25, 0.3) is 28.2 Å². The number of ether oxygens (including phenoxy) is 1. The Morgan fingerprint density at radius 3 is 2.53 bits per heavy atom. The van der Waals surface area contributed by atoms with Crippen molar-refractivity contribution in [1.29, 1.82) is 0 Å². The third kappa shape index (κ3) is 4.56. The number of pyridine rings is 2. The molecule has 218 valence electrons. The highest BCUT2D eigenvalue weighted by Gasteiger charge is 2.51. The molecule has 4 fully saturated rings. The average molecular weight is 575 g/mol. The highest BCUT2D eigenvalue weighted by molar-refractivity contribution is 6.03. The van der Waals surface area contributed by atoms with Gasteiger partial charge in [0, 0.05) is 36.3 Å². The number of rotatable bonds is 7. The number of carbonyl (C=O) groups is 1. The Kier molecular flexibility index (Phi) is 6.06. The molecule has 0 radical (unpaired) electrons. The first-order chi connectivity index (χ1) is 21.0. The summed E-state index contributed by atoms with van der Waals surface area (Å²) in [4.78, 5) is 22.2. The minimum absolute atomic E-state index is 0.368. The van der Waals surface area contributed by atoms with Crippen molar-refractivity contribution in [2.45, 2.75) is 52.0 Å². The minimum atomic E-state index is -0.441. The summed E-state index contributed by atoms with van der Waals surface area (Å²) in [5.41, 5.74) is 5.19. The van der Waals surface area contributed by atoms with Gasteiger partial charge in [-0.1, -0.05) is 6.07 Å². The second kappa shape index (κ2) is 10.00. The van der Waals surface area contributed by atoms with Crippen molar-refractivity contribution in [2.75, 3.05) is 12.4 Å². The van der Waals surface area contributed by atoms with Crippen LogP contribution in [0.5, 0.6) is 0 Å². The summed E-state index contributed by atoms with van der Waals surface area (Å²) in [5, 5.41) is 16.9. The van der Waals surface area contributed by atoms with Gasteiger partial charge in [0.2, 0.25) is 0 Å². The van der Waals surface area contributed by atoms with Crippen LogP contribution in [0.3, 0.4) is 0 Å². The van der Waals surface area contributed by atoms with Crippen molar-refractivity contribution >= 4 is 23.3 Å². The van der Waals surface area contributed by atoms with Gasteiger partial charge in [-0.05, 0) is 98.4 Å². The molecule has 5 heterocycles. The van der Waals surface area contributed by atoms with E-state index in [0.717, 1.165) is 46.7 Å². The highest BCUT2D eigenvalue weighted by atomic mass is 16.5. The third-order valence-electron chi connectivity index (χ3n) is 9.83. The van der Waals surface area contributed by atoms with E-state index in [4.69, 9.17) is 9.84 Å². The molecule has 0 amide bonds. The number of aromatic nitrogens is 7. The molecule has 10 nitrogen and oxygen atoms in total. The summed E-state index contributed by atoms with van der Waals surface area (Å²) in [7, 11) is 1.40. The summed E-state index contributed by atoms with van der Waals surface area (Å²) in [6.07, 6.45) is 17.6. The molecule has 1 N–H and O–H groups in total. The Balaban J connectivity index is 1.11. The number of imidazole rings is 1. The van der Waals surface area contributed by atoms with Crippen LogP contribution < -0.4 is 5.32 Å². The fourth-order valence-corrected chi connectivity index (χ4v) is 8.49. The normalized spacial score (nSPS) is 24.0. The van der Waals surface area contributed by atoms with E-state index in [0.29, 0.717) is 34.0 Å². The average Bonchev–Trinajstić information content (AvgIpc) is 3.64. The molecule has 0 aromatic carbocycles. The van der Waals surface area contributed by atoms with Crippen LogP contribution in [0.2, 0.25) is 0 Å². The summed E-state index contributed by atoms with van der Waals surface area (Å²) < 4.78 is 9.22. The minimum Gasteiger partial charge on any atom is -0.465 e. The van der Waals surface area contributed by atoms with Crippen LogP contribution in [-0.4, -0.2) is 47.4 Å². The number of aryl methyl sites for hydroxylation is 1. The van der Waals surface area contributed by atoms with E-state index in [2.05, 4.69) is 36.4 Å². The van der Waals surface area contributed by atoms with Crippen LogP contribution in [0, 0.1) is 30.1 Å². The maximum Gasteiger partial charge on any atom is 0.342 e. The van der Waals surface area contributed by atoms with E-state index in [-0.39, 0.29) is 0 Å². The fourth-order valence-electron chi connectivity index (χ4n) is 8.49. The fraction of sp³-hybridized carbons (Fsp3) is 0.394. The molecule has 4 aliphatic rings. The van der Waals surface area contributed by atoms with E-state index < -0.39 is 5.97 Å². The summed E-state index contributed by atoms with van der Waals surface area (Å²) >= 11 is 0. The van der Waals surface area contributed by atoms with Crippen molar-refractivity contribution < 1.29 is 9.53 Å². The Morgan fingerprint density at radius 1 is 1.05 bits per heavy atom. The molecule has 0 atom stereocenters. The summed E-state index contributed by atoms with van der Waals surface area (Å²) in [6.45, 7) is 2.91. The zero-order valence-electron chi connectivity index (χ0n) is 24.4. The number of nitrogens with one attached hydrogen (secondary N) is 1. The van der Waals surface area contributed by atoms with Gasteiger partial charge in [0.05, 0.1) is 25.2 Å². The number of carbonyl (C=O) groups excluding carboxylic acids is 1. The number of nitrogens with zero attached hydrogens (tertiary/aromatic N) is 7. The lowest BCUT2D eigenvalue weighted by Crippen LogP contribution is -2.47. The lowest BCUT2D eigenvalue weighted by atomic mass is 9.49. The number of hydrogen-bond donors (Lipinski definition) is 1. The van der Waals surface area contributed by atoms with Gasteiger partial charge < -0.3 is 10.1 Å². The molecule has 4 saturated carbocycles. The van der Waals surface area contributed by atoms with Crippen molar-refractivity contribution in [2.24, 2.45) is 23.2 Å². The molecule has 4 aliphatic carbocycles. The molecule has 0 saturated heterocycles. The first-order valence-electron chi connectivity index (χ1n) is 15.1. The molecule has 9 rings (SSSR count). The van der Waals surface area contributed by atoms with Crippen LogP contribution in [0.15, 0.2) is 61.3 Å². The van der Waals surface area contributed by atoms with Gasteiger partial charge in [0.25, 0.3) is 0 Å². The Labute approximate surface area is 249 Å². The van der Waals surface area contributed by atoms with E-state index in [1.54, 1.807) is 12.4 Å². The lowest BCUT2D eigenvalue weighted by Gasteiger charge is -2.56. The molecule has 0 aliphatic heterocycles. The summed E-state index contributed by atoms with van der Waals surface area (Å²) in [6, 6.07) is 9.53. The monoisotopic (exact) mass is 574 g/mol. The molecule has 43 heavy (non-hydrogen) atoms. The second-order valence-electron chi connectivity index (χ2n) is 12.9. The molecule has 10 heteroatoms. The molecular weight excluding hydrogens is 540 g/mol. The first kappa shape index (κ1) is 26.1. The Hall–Kier alpha value is -4.60. The molecule has 5 aromatic rings. The van der Waals surface area contributed by atoms with Crippen molar-refractivity contribution in [3.05, 3.63) is 72.4 Å². The van der Waals surface area contributed by atoms with Crippen LogP contribution in [-0.2, 0) is 11.3 Å². The lowest BCUT2D eigenvalue weighted by molar-refractivity contribution is -0.0635. The largest absolute Gasteiger partial charge is 0.465 e. The number of esters is 1.